The minimum Gasteiger partial charge on any atom is -0.388 e. The smallest absolute Gasteiger partial charge is 0.0991 e. The van der Waals surface area contributed by atoms with Crippen LogP contribution in [0.2, 0.25) is 0 Å². The van der Waals surface area contributed by atoms with E-state index >= 15 is 0 Å². The van der Waals surface area contributed by atoms with Gasteiger partial charge in [-0.25, -0.2) is 4.98 Å². The quantitative estimate of drug-likeness (QED) is 0.678. The van der Waals surface area contributed by atoms with Crippen molar-refractivity contribution in [3.05, 3.63) is 89.0 Å². The highest BCUT2D eigenvalue weighted by molar-refractivity contribution is 5.31. The summed E-state index contributed by atoms with van der Waals surface area (Å²) in [7, 11) is 0. The van der Waals surface area contributed by atoms with E-state index in [1.165, 1.54) is 11.3 Å². The highest BCUT2D eigenvalue weighted by Gasteiger charge is 2.26. The van der Waals surface area contributed by atoms with Crippen molar-refractivity contribution >= 4 is 0 Å². The van der Waals surface area contributed by atoms with Gasteiger partial charge in [0.15, 0.2) is 0 Å². The Bertz CT molecular complexity index is 1010. The van der Waals surface area contributed by atoms with Gasteiger partial charge in [0.2, 0.25) is 0 Å². The Morgan fingerprint density at radius 3 is 2.60 bits per heavy atom. The largest absolute Gasteiger partial charge is 0.388 e. The Balaban J connectivity index is 1.33. The SMILES string of the molecule is Cc1cccc(C(O)C2CCN(Cc3cncn3Cc3ccc(C#N)cc3)CC2)c1. The minimum absolute atomic E-state index is 0.312. The van der Waals surface area contributed by atoms with E-state index in [4.69, 9.17) is 5.26 Å². The van der Waals surface area contributed by atoms with Crippen LogP contribution in [0.15, 0.2) is 61.1 Å². The van der Waals surface area contributed by atoms with E-state index in [9.17, 15) is 5.11 Å². The lowest BCUT2D eigenvalue weighted by Gasteiger charge is -2.34. The van der Waals surface area contributed by atoms with Crippen LogP contribution in [0, 0.1) is 24.2 Å². The predicted octanol–water partition coefficient (Wildman–Crippen LogP) is 4.06. The van der Waals surface area contributed by atoms with Crippen molar-refractivity contribution in [1.82, 2.24) is 14.5 Å². The van der Waals surface area contributed by atoms with Crippen molar-refractivity contribution in [2.24, 2.45) is 5.92 Å². The summed E-state index contributed by atoms with van der Waals surface area (Å²) < 4.78 is 2.18. The van der Waals surface area contributed by atoms with Crippen molar-refractivity contribution in [2.45, 2.75) is 39.0 Å². The molecule has 1 aliphatic heterocycles. The molecular weight excluding hydrogens is 372 g/mol. The summed E-state index contributed by atoms with van der Waals surface area (Å²) in [6.45, 7) is 5.65. The number of likely N-dealkylation sites (tertiary alicyclic amines) is 1. The van der Waals surface area contributed by atoms with E-state index < -0.39 is 0 Å². The monoisotopic (exact) mass is 400 g/mol. The number of benzene rings is 2. The Kier molecular flexibility index (Phi) is 6.27. The van der Waals surface area contributed by atoms with Gasteiger partial charge in [-0.2, -0.15) is 5.26 Å². The standard InChI is InChI=1S/C25H28N4O/c1-19-3-2-4-23(13-19)25(30)22-9-11-28(12-10-22)17-24-15-27-18-29(24)16-21-7-5-20(14-26)6-8-21/h2-8,13,15,18,22,25,30H,9-12,16-17H2,1H3. The second-order valence-electron chi connectivity index (χ2n) is 8.29. The maximum atomic E-state index is 10.8. The van der Waals surface area contributed by atoms with Crippen molar-refractivity contribution < 1.29 is 5.11 Å². The molecule has 1 fully saturated rings. The molecule has 0 spiro atoms. The molecule has 0 bridgehead atoms. The van der Waals surface area contributed by atoms with Gasteiger partial charge in [0, 0.05) is 19.3 Å². The van der Waals surface area contributed by atoms with Crippen LogP contribution in [0.25, 0.3) is 0 Å². The molecule has 2 heterocycles. The van der Waals surface area contributed by atoms with Gasteiger partial charge >= 0.3 is 0 Å². The Morgan fingerprint density at radius 1 is 1.13 bits per heavy atom. The zero-order valence-electron chi connectivity index (χ0n) is 17.4. The van der Waals surface area contributed by atoms with Gasteiger partial charge in [-0.05, 0) is 62.0 Å². The Labute approximate surface area is 178 Å². The average molecular weight is 401 g/mol. The van der Waals surface area contributed by atoms with Crippen molar-refractivity contribution in [3.63, 3.8) is 0 Å². The lowest BCUT2D eigenvalue weighted by molar-refractivity contribution is 0.0561. The Morgan fingerprint density at radius 2 is 1.90 bits per heavy atom. The van der Waals surface area contributed by atoms with Crippen LogP contribution in [0.3, 0.4) is 0 Å². The van der Waals surface area contributed by atoms with E-state index in [0.717, 1.165) is 50.1 Å². The number of aliphatic hydroxyl groups is 1. The Hall–Kier alpha value is -2.94. The summed E-state index contributed by atoms with van der Waals surface area (Å²) in [6.07, 6.45) is 5.44. The summed E-state index contributed by atoms with van der Waals surface area (Å²) in [5.41, 5.74) is 5.26. The maximum Gasteiger partial charge on any atom is 0.0991 e. The van der Waals surface area contributed by atoms with E-state index in [0.29, 0.717) is 11.5 Å². The first kappa shape index (κ1) is 20.3. The molecule has 1 atom stereocenters. The first-order chi connectivity index (χ1) is 14.6. The molecule has 1 unspecified atom stereocenters. The minimum atomic E-state index is -0.381. The highest BCUT2D eigenvalue weighted by atomic mass is 16.3. The summed E-state index contributed by atoms with van der Waals surface area (Å²) >= 11 is 0. The number of aryl methyl sites for hydroxylation is 1. The lowest BCUT2D eigenvalue weighted by atomic mass is 9.87. The van der Waals surface area contributed by atoms with Gasteiger partial charge in [0.1, 0.15) is 0 Å². The molecule has 1 aromatic heterocycles. The van der Waals surface area contributed by atoms with Gasteiger partial charge in [-0.15, -0.1) is 0 Å². The van der Waals surface area contributed by atoms with E-state index in [1.54, 1.807) is 0 Å². The molecule has 1 aliphatic rings. The zero-order chi connectivity index (χ0) is 20.9. The molecule has 5 heteroatoms. The van der Waals surface area contributed by atoms with E-state index in [-0.39, 0.29) is 6.10 Å². The fourth-order valence-electron chi connectivity index (χ4n) is 4.29. The normalized spacial score (nSPS) is 16.3. The van der Waals surface area contributed by atoms with Crippen LogP contribution in [0.5, 0.6) is 0 Å². The molecule has 0 saturated carbocycles. The fourth-order valence-corrected chi connectivity index (χ4v) is 4.29. The number of nitriles is 1. The molecule has 154 valence electrons. The van der Waals surface area contributed by atoms with Gasteiger partial charge in [-0.1, -0.05) is 42.0 Å². The van der Waals surface area contributed by atoms with Gasteiger partial charge in [0.05, 0.1) is 29.8 Å². The predicted molar refractivity (Wildman–Crippen MR) is 117 cm³/mol. The molecular formula is C25H28N4O. The van der Waals surface area contributed by atoms with Crippen molar-refractivity contribution in [1.29, 1.82) is 5.26 Å². The van der Waals surface area contributed by atoms with E-state index in [2.05, 4.69) is 39.6 Å². The van der Waals surface area contributed by atoms with Crippen LogP contribution < -0.4 is 0 Å². The molecule has 3 aromatic rings. The summed E-state index contributed by atoms with van der Waals surface area (Å²) in [4.78, 5) is 6.80. The number of hydrogen-bond donors (Lipinski definition) is 1. The third-order valence-electron chi connectivity index (χ3n) is 6.08. The molecule has 5 nitrogen and oxygen atoms in total. The van der Waals surface area contributed by atoms with Crippen molar-refractivity contribution in [3.8, 4) is 6.07 Å². The number of piperidine rings is 1. The number of nitrogens with zero attached hydrogens (tertiary/aromatic N) is 4. The summed E-state index contributed by atoms with van der Waals surface area (Å²) in [6, 6.07) is 18.1. The highest BCUT2D eigenvalue weighted by Crippen LogP contribution is 2.31. The molecule has 1 saturated heterocycles. The first-order valence-electron chi connectivity index (χ1n) is 10.6. The third-order valence-corrected chi connectivity index (χ3v) is 6.08. The van der Waals surface area contributed by atoms with Gasteiger partial charge in [-0.3, -0.25) is 4.90 Å². The molecule has 0 radical (unpaired) electrons. The van der Waals surface area contributed by atoms with Crippen LogP contribution >= 0.6 is 0 Å². The van der Waals surface area contributed by atoms with E-state index in [1.807, 2.05) is 48.9 Å². The molecule has 1 N–H and O–H groups in total. The number of aliphatic hydroxyl groups excluding tert-OH is 1. The summed E-state index contributed by atoms with van der Waals surface area (Å²) in [5, 5.41) is 19.8. The van der Waals surface area contributed by atoms with Crippen LogP contribution in [0.4, 0.5) is 0 Å². The second-order valence-corrected chi connectivity index (χ2v) is 8.29. The topological polar surface area (TPSA) is 65.1 Å². The zero-order valence-corrected chi connectivity index (χ0v) is 17.4. The van der Waals surface area contributed by atoms with Gasteiger partial charge in [0.25, 0.3) is 0 Å². The molecule has 2 aromatic carbocycles. The second kappa shape index (κ2) is 9.25. The fraction of sp³-hybridized carbons (Fsp3) is 0.360. The van der Waals surface area contributed by atoms with Crippen LogP contribution in [-0.4, -0.2) is 32.6 Å². The number of hydrogen-bond acceptors (Lipinski definition) is 4. The van der Waals surface area contributed by atoms with Crippen LogP contribution in [0.1, 0.15) is 46.9 Å². The van der Waals surface area contributed by atoms with Crippen LogP contribution in [-0.2, 0) is 13.1 Å². The number of aromatic nitrogens is 2. The van der Waals surface area contributed by atoms with Crippen molar-refractivity contribution in [2.75, 3.05) is 13.1 Å². The lowest BCUT2D eigenvalue weighted by Crippen LogP contribution is -2.35. The first-order valence-corrected chi connectivity index (χ1v) is 10.6. The number of rotatable bonds is 6. The molecule has 0 amide bonds. The molecule has 30 heavy (non-hydrogen) atoms. The number of imidazole rings is 1. The summed E-state index contributed by atoms with van der Waals surface area (Å²) in [5.74, 6) is 0.312. The molecule has 0 aliphatic carbocycles. The average Bonchev–Trinajstić information content (AvgIpc) is 3.21. The van der Waals surface area contributed by atoms with Gasteiger partial charge < -0.3 is 9.67 Å². The maximum absolute atomic E-state index is 10.8. The molecule has 4 rings (SSSR count). The third kappa shape index (κ3) is 4.79.